The third kappa shape index (κ3) is 4.00. The van der Waals surface area contributed by atoms with Crippen molar-refractivity contribution >= 4 is 17.3 Å². The predicted molar refractivity (Wildman–Crippen MR) is 80.2 cm³/mol. The molecule has 2 aliphatic rings. The molecule has 0 saturated heterocycles. The molecular weight excluding hydrogens is 296 g/mol. The van der Waals surface area contributed by atoms with Crippen molar-refractivity contribution in [2.45, 2.75) is 51.2 Å². The number of alkyl halides is 2. The number of ether oxygens (including phenoxy) is 1. The number of hydrogen-bond donors (Lipinski definition) is 1. The molecule has 2 unspecified atom stereocenters. The van der Waals surface area contributed by atoms with Gasteiger partial charge in [-0.3, -0.25) is 0 Å². The number of anilines is 1. The zero-order valence-corrected chi connectivity index (χ0v) is 12.6. The summed E-state index contributed by atoms with van der Waals surface area (Å²) >= 11 is 5.98. The van der Waals surface area contributed by atoms with Gasteiger partial charge in [-0.1, -0.05) is 24.4 Å². The molecule has 2 atom stereocenters. The third-order valence-corrected chi connectivity index (χ3v) is 4.82. The second-order valence-corrected chi connectivity index (χ2v) is 6.54. The van der Waals surface area contributed by atoms with Crippen LogP contribution in [0.4, 0.5) is 14.5 Å². The molecule has 116 valence electrons. The maximum atomic E-state index is 12.2. The van der Waals surface area contributed by atoms with Gasteiger partial charge in [-0.15, -0.1) is 0 Å². The second kappa shape index (κ2) is 6.39. The highest BCUT2D eigenvalue weighted by atomic mass is 35.5. The molecule has 1 N–H and O–H groups in total. The van der Waals surface area contributed by atoms with Crippen molar-refractivity contribution in [3.05, 3.63) is 23.2 Å². The Hall–Kier alpha value is -1.03. The van der Waals surface area contributed by atoms with Crippen LogP contribution in [0.3, 0.4) is 0 Å². The van der Waals surface area contributed by atoms with E-state index in [1.807, 2.05) is 0 Å². The Morgan fingerprint density at radius 3 is 2.62 bits per heavy atom. The summed E-state index contributed by atoms with van der Waals surface area (Å²) < 4.78 is 28.8. The van der Waals surface area contributed by atoms with Crippen LogP contribution >= 0.6 is 11.6 Å². The normalized spacial score (nSPS) is 25.9. The van der Waals surface area contributed by atoms with Crippen LogP contribution in [-0.4, -0.2) is 12.7 Å². The average molecular weight is 316 g/mol. The first-order valence-electron chi connectivity index (χ1n) is 7.62. The van der Waals surface area contributed by atoms with Gasteiger partial charge in [0.2, 0.25) is 0 Å². The molecule has 5 heteroatoms. The lowest BCUT2D eigenvalue weighted by molar-refractivity contribution is -0.0497. The summed E-state index contributed by atoms with van der Waals surface area (Å²) in [5.74, 6) is 1.82. The predicted octanol–water partition coefficient (Wildman–Crippen LogP) is 5.32. The molecule has 0 aromatic heterocycles. The van der Waals surface area contributed by atoms with Gasteiger partial charge in [0.15, 0.2) is 0 Å². The third-order valence-electron chi connectivity index (χ3n) is 4.52. The van der Waals surface area contributed by atoms with Crippen LogP contribution in [0.5, 0.6) is 5.75 Å². The van der Waals surface area contributed by atoms with E-state index in [-0.39, 0.29) is 10.8 Å². The summed E-state index contributed by atoms with van der Waals surface area (Å²) in [6.45, 7) is -2.85. The molecule has 2 saturated carbocycles. The van der Waals surface area contributed by atoms with E-state index < -0.39 is 6.61 Å². The zero-order chi connectivity index (χ0) is 14.8. The van der Waals surface area contributed by atoms with Gasteiger partial charge in [-0.2, -0.15) is 8.78 Å². The molecule has 0 radical (unpaired) electrons. The minimum Gasteiger partial charge on any atom is -0.433 e. The van der Waals surface area contributed by atoms with E-state index in [1.54, 1.807) is 12.1 Å². The number of benzene rings is 1. The van der Waals surface area contributed by atoms with Gasteiger partial charge in [0.25, 0.3) is 0 Å². The quantitative estimate of drug-likeness (QED) is 0.793. The molecule has 21 heavy (non-hydrogen) atoms. The molecular formula is C16H20ClF2NO. The lowest BCUT2D eigenvalue weighted by atomic mass is 9.82. The fraction of sp³-hybridized carbons (Fsp3) is 0.625. The van der Waals surface area contributed by atoms with Crippen LogP contribution in [0.1, 0.15) is 38.5 Å². The lowest BCUT2D eigenvalue weighted by Gasteiger charge is -2.30. The number of nitrogens with one attached hydrogen (secondary N) is 1. The molecule has 2 fully saturated rings. The highest BCUT2D eigenvalue weighted by molar-refractivity contribution is 6.32. The van der Waals surface area contributed by atoms with E-state index in [2.05, 4.69) is 10.1 Å². The Kier molecular flexibility index (Phi) is 4.53. The standard InChI is InChI=1S/C16H20ClF2NO/c17-14-9-13(6-7-15(14)21-16(18)19)20-12-3-1-2-11(8-12)10-4-5-10/h6-7,9-12,16,20H,1-5,8H2. The number of halogens is 3. The minimum absolute atomic E-state index is 0.0247. The van der Waals surface area contributed by atoms with E-state index in [0.717, 1.165) is 23.9 Å². The monoisotopic (exact) mass is 315 g/mol. The molecule has 1 aromatic rings. The van der Waals surface area contributed by atoms with Crippen molar-refractivity contribution < 1.29 is 13.5 Å². The van der Waals surface area contributed by atoms with Crippen molar-refractivity contribution in [3.63, 3.8) is 0 Å². The molecule has 0 spiro atoms. The van der Waals surface area contributed by atoms with Gasteiger partial charge in [0.1, 0.15) is 5.75 Å². The molecule has 3 rings (SSSR count). The minimum atomic E-state index is -2.85. The first-order valence-corrected chi connectivity index (χ1v) is 8.00. The van der Waals surface area contributed by atoms with Crippen LogP contribution in [0.25, 0.3) is 0 Å². The molecule has 0 aliphatic heterocycles. The molecule has 0 heterocycles. The Bertz CT molecular complexity index is 493. The topological polar surface area (TPSA) is 21.3 Å². The van der Waals surface area contributed by atoms with Gasteiger partial charge in [0.05, 0.1) is 5.02 Å². The molecule has 0 amide bonds. The van der Waals surface area contributed by atoms with Gasteiger partial charge < -0.3 is 10.1 Å². The smallest absolute Gasteiger partial charge is 0.387 e. The highest BCUT2D eigenvalue weighted by Gasteiger charge is 2.34. The zero-order valence-electron chi connectivity index (χ0n) is 11.8. The summed E-state index contributed by atoms with van der Waals surface area (Å²) in [6, 6.07) is 5.38. The van der Waals surface area contributed by atoms with Crippen molar-refractivity contribution in [3.8, 4) is 5.75 Å². The Morgan fingerprint density at radius 2 is 1.95 bits per heavy atom. The van der Waals surface area contributed by atoms with E-state index in [1.165, 1.54) is 38.2 Å². The average Bonchev–Trinajstić information content (AvgIpc) is 3.26. The summed E-state index contributed by atoms with van der Waals surface area (Å²) in [5.41, 5.74) is 0.878. The Balaban J connectivity index is 1.60. The highest BCUT2D eigenvalue weighted by Crippen LogP contribution is 2.44. The summed E-state index contributed by atoms with van der Waals surface area (Å²) in [4.78, 5) is 0. The van der Waals surface area contributed by atoms with Crippen molar-refractivity contribution in [2.24, 2.45) is 11.8 Å². The van der Waals surface area contributed by atoms with Gasteiger partial charge in [-0.05, 0) is 55.7 Å². The van der Waals surface area contributed by atoms with Gasteiger partial charge >= 0.3 is 6.61 Å². The van der Waals surface area contributed by atoms with E-state index in [9.17, 15) is 8.78 Å². The van der Waals surface area contributed by atoms with Crippen LogP contribution in [0.2, 0.25) is 5.02 Å². The van der Waals surface area contributed by atoms with E-state index in [4.69, 9.17) is 11.6 Å². The first kappa shape index (κ1) is 14.9. The molecule has 0 bridgehead atoms. The molecule has 2 aliphatic carbocycles. The van der Waals surface area contributed by atoms with Crippen molar-refractivity contribution in [1.82, 2.24) is 0 Å². The summed E-state index contributed by atoms with van der Waals surface area (Å²) in [7, 11) is 0. The van der Waals surface area contributed by atoms with Crippen LogP contribution in [-0.2, 0) is 0 Å². The summed E-state index contributed by atoms with van der Waals surface area (Å²) in [6.07, 6.45) is 7.77. The van der Waals surface area contributed by atoms with Crippen molar-refractivity contribution in [1.29, 1.82) is 0 Å². The van der Waals surface area contributed by atoms with Crippen LogP contribution in [0, 0.1) is 11.8 Å². The molecule has 1 aromatic carbocycles. The van der Waals surface area contributed by atoms with E-state index >= 15 is 0 Å². The Labute approximate surface area is 128 Å². The SMILES string of the molecule is FC(F)Oc1ccc(NC2CCCC(C3CC3)C2)cc1Cl. The lowest BCUT2D eigenvalue weighted by Crippen LogP contribution is -2.28. The largest absolute Gasteiger partial charge is 0.433 e. The van der Waals surface area contributed by atoms with Crippen molar-refractivity contribution in [2.75, 3.05) is 5.32 Å². The summed E-state index contributed by atoms with van der Waals surface area (Å²) in [5, 5.41) is 3.70. The Morgan fingerprint density at radius 1 is 1.14 bits per heavy atom. The number of hydrogen-bond acceptors (Lipinski definition) is 2. The fourth-order valence-corrected chi connectivity index (χ4v) is 3.60. The van der Waals surface area contributed by atoms with Crippen LogP contribution in [0.15, 0.2) is 18.2 Å². The van der Waals surface area contributed by atoms with Gasteiger partial charge in [-0.25, -0.2) is 0 Å². The van der Waals surface area contributed by atoms with Crippen LogP contribution < -0.4 is 10.1 Å². The molecule has 2 nitrogen and oxygen atoms in total. The van der Waals surface area contributed by atoms with E-state index in [0.29, 0.717) is 6.04 Å². The number of rotatable bonds is 5. The van der Waals surface area contributed by atoms with Gasteiger partial charge in [0, 0.05) is 11.7 Å². The fourth-order valence-electron chi connectivity index (χ4n) is 3.37. The maximum Gasteiger partial charge on any atom is 0.387 e. The maximum absolute atomic E-state index is 12.2. The second-order valence-electron chi connectivity index (χ2n) is 6.13. The first-order chi connectivity index (χ1) is 10.1.